The highest BCUT2D eigenvalue weighted by Gasteiger charge is 2.07. The molecule has 0 aliphatic carbocycles. The first kappa shape index (κ1) is 9.09. The topological polar surface area (TPSA) is 40.7 Å². The fourth-order valence-electron chi connectivity index (χ4n) is 1.25. The molecule has 0 fully saturated rings. The Morgan fingerprint density at radius 2 is 2.00 bits per heavy atom. The van der Waals surface area contributed by atoms with Gasteiger partial charge in [0.25, 0.3) is 0 Å². The molecule has 0 spiro atoms. The zero-order valence-corrected chi connectivity index (χ0v) is 8.47. The lowest BCUT2D eigenvalue weighted by molar-refractivity contribution is 1.30. The van der Waals surface area contributed by atoms with E-state index in [2.05, 4.69) is 15.3 Å². The molecule has 1 aromatic carbocycles. The second-order valence-corrected chi connectivity index (χ2v) is 3.24. The van der Waals surface area contributed by atoms with Crippen LogP contribution in [-0.2, 0) is 0 Å². The summed E-state index contributed by atoms with van der Waals surface area (Å²) in [6, 6.07) is 9.85. The van der Waals surface area contributed by atoms with Crippen molar-refractivity contribution in [3.63, 3.8) is 0 Å². The number of halogens is 1. The van der Waals surface area contributed by atoms with E-state index in [0.717, 1.165) is 11.4 Å². The van der Waals surface area contributed by atoms with Crippen molar-refractivity contribution < 1.29 is 0 Å². The molecular formula is C10H10ClN3. The predicted molar refractivity (Wildman–Crippen MR) is 58.6 cm³/mol. The molecule has 4 heteroatoms. The molecule has 2 N–H and O–H groups in total. The van der Waals surface area contributed by atoms with Crippen LogP contribution in [0.1, 0.15) is 0 Å². The highest BCUT2D eigenvalue weighted by molar-refractivity contribution is 6.31. The third-order valence-electron chi connectivity index (χ3n) is 1.94. The number of nitrogens with one attached hydrogen (secondary N) is 2. The number of nitrogens with zero attached hydrogens (tertiary/aromatic N) is 1. The number of aromatic amines is 1. The van der Waals surface area contributed by atoms with Crippen molar-refractivity contribution in [1.29, 1.82) is 0 Å². The number of hydrogen-bond acceptors (Lipinski definition) is 2. The summed E-state index contributed by atoms with van der Waals surface area (Å²) in [4.78, 5) is 7.30. The van der Waals surface area contributed by atoms with Crippen molar-refractivity contribution in [2.75, 3.05) is 12.4 Å². The van der Waals surface area contributed by atoms with E-state index in [-0.39, 0.29) is 0 Å². The van der Waals surface area contributed by atoms with Gasteiger partial charge in [-0.1, -0.05) is 41.9 Å². The lowest BCUT2D eigenvalue weighted by Gasteiger charge is -1.93. The smallest absolute Gasteiger partial charge is 0.163 e. The maximum Gasteiger partial charge on any atom is 0.163 e. The first-order chi connectivity index (χ1) is 6.81. The van der Waals surface area contributed by atoms with Crippen LogP contribution in [0.5, 0.6) is 0 Å². The average molecular weight is 208 g/mol. The van der Waals surface area contributed by atoms with E-state index < -0.39 is 0 Å². The summed E-state index contributed by atoms with van der Waals surface area (Å²) in [7, 11) is 1.79. The summed E-state index contributed by atoms with van der Waals surface area (Å²) in [6.45, 7) is 0. The average Bonchev–Trinajstić information content (AvgIpc) is 2.61. The largest absolute Gasteiger partial charge is 0.371 e. The molecule has 2 rings (SSSR count). The van der Waals surface area contributed by atoms with Crippen LogP contribution in [0.4, 0.5) is 5.82 Å². The number of hydrogen-bond donors (Lipinski definition) is 2. The Morgan fingerprint density at radius 1 is 1.29 bits per heavy atom. The van der Waals surface area contributed by atoms with Crippen molar-refractivity contribution in [1.82, 2.24) is 9.97 Å². The highest BCUT2D eigenvalue weighted by atomic mass is 35.5. The van der Waals surface area contributed by atoms with Crippen LogP contribution < -0.4 is 5.32 Å². The van der Waals surface area contributed by atoms with Gasteiger partial charge in [-0.25, -0.2) is 4.98 Å². The molecule has 0 atom stereocenters. The van der Waals surface area contributed by atoms with E-state index in [1.807, 2.05) is 30.3 Å². The molecule has 0 bridgehead atoms. The predicted octanol–water partition coefficient (Wildman–Crippen LogP) is 2.77. The van der Waals surface area contributed by atoms with Crippen molar-refractivity contribution >= 4 is 17.4 Å². The van der Waals surface area contributed by atoms with E-state index in [9.17, 15) is 0 Å². The molecule has 0 radical (unpaired) electrons. The van der Waals surface area contributed by atoms with Crippen LogP contribution in [0, 0.1) is 0 Å². The Morgan fingerprint density at radius 3 is 2.57 bits per heavy atom. The lowest BCUT2D eigenvalue weighted by atomic mass is 10.2. The molecular weight excluding hydrogens is 198 g/mol. The molecule has 1 heterocycles. The maximum atomic E-state index is 5.91. The zero-order valence-electron chi connectivity index (χ0n) is 7.71. The van der Waals surface area contributed by atoms with Crippen molar-refractivity contribution in [3.8, 4) is 11.4 Å². The van der Waals surface area contributed by atoms with Crippen LogP contribution >= 0.6 is 11.6 Å². The Labute approximate surface area is 87.1 Å². The molecule has 2 aromatic rings. The molecule has 0 aliphatic heterocycles. The molecule has 14 heavy (non-hydrogen) atoms. The van der Waals surface area contributed by atoms with Gasteiger partial charge in [-0.05, 0) is 0 Å². The van der Waals surface area contributed by atoms with Crippen LogP contribution in [0.15, 0.2) is 30.3 Å². The van der Waals surface area contributed by atoms with Gasteiger partial charge < -0.3 is 10.3 Å². The molecule has 0 amide bonds. The van der Waals surface area contributed by atoms with Crippen LogP contribution in [0.3, 0.4) is 0 Å². The number of anilines is 1. The quantitative estimate of drug-likeness (QED) is 0.795. The Bertz CT molecular complexity index is 422. The minimum absolute atomic E-state index is 0.534. The maximum absolute atomic E-state index is 5.91. The Kier molecular flexibility index (Phi) is 2.41. The van der Waals surface area contributed by atoms with Crippen LogP contribution in [0.2, 0.25) is 5.15 Å². The minimum Gasteiger partial charge on any atom is -0.371 e. The van der Waals surface area contributed by atoms with E-state index in [1.54, 1.807) is 7.05 Å². The number of benzene rings is 1. The van der Waals surface area contributed by atoms with Crippen molar-refractivity contribution in [3.05, 3.63) is 35.5 Å². The second kappa shape index (κ2) is 3.72. The van der Waals surface area contributed by atoms with Gasteiger partial charge in [0, 0.05) is 12.6 Å². The van der Waals surface area contributed by atoms with Gasteiger partial charge in [-0.3, -0.25) is 0 Å². The first-order valence-electron chi connectivity index (χ1n) is 4.30. The van der Waals surface area contributed by atoms with Crippen molar-refractivity contribution in [2.24, 2.45) is 0 Å². The van der Waals surface area contributed by atoms with Gasteiger partial charge in [0.15, 0.2) is 11.0 Å². The molecule has 3 nitrogen and oxygen atoms in total. The molecule has 1 aromatic heterocycles. The highest BCUT2D eigenvalue weighted by Crippen LogP contribution is 2.23. The van der Waals surface area contributed by atoms with Gasteiger partial charge in [0.05, 0.1) is 0 Å². The zero-order chi connectivity index (χ0) is 9.97. The van der Waals surface area contributed by atoms with Gasteiger partial charge in [-0.2, -0.15) is 0 Å². The third kappa shape index (κ3) is 1.59. The first-order valence-corrected chi connectivity index (χ1v) is 4.67. The Hall–Kier alpha value is -1.48. The van der Waals surface area contributed by atoms with E-state index >= 15 is 0 Å². The van der Waals surface area contributed by atoms with Crippen molar-refractivity contribution in [2.45, 2.75) is 0 Å². The van der Waals surface area contributed by atoms with Gasteiger partial charge in [-0.15, -0.1) is 0 Å². The number of rotatable bonds is 2. The number of imidazole rings is 1. The molecule has 0 aliphatic rings. The van der Waals surface area contributed by atoms with E-state index in [1.165, 1.54) is 0 Å². The fraction of sp³-hybridized carbons (Fsp3) is 0.100. The molecule has 0 unspecified atom stereocenters. The summed E-state index contributed by atoms with van der Waals surface area (Å²) in [5.74, 6) is 1.45. The summed E-state index contributed by atoms with van der Waals surface area (Å²) >= 11 is 5.91. The lowest BCUT2D eigenvalue weighted by Crippen LogP contribution is -1.87. The summed E-state index contributed by atoms with van der Waals surface area (Å²) in [6.07, 6.45) is 0. The summed E-state index contributed by atoms with van der Waals surface area (Å²) in [5.41, 5.74) is 1.02. The normalized spacial score (nSPS) is 10.1. The minimum atomic E-state index is 0.534. The van der Waals surface area contributed by atoms with Gasteiger partial charge in [0.2, 0.25) is 0 Å². The number of aromatic nitrogens is 2. The second-order valence-electron chi connectivity index (χ2n) is 2.86. The molecule has 72 valence electrons. The fourth-order valence-corrected chi connectivity index (χ4v) is 1.48. The summed E-state index contributed by atoms with van der Waals surface area (Å²) in [5, 5.41) is 3.44. The number of H-pyrrole nitrogens is 1. The Balaban J connectivity index is 2.43. The SMILES string of the molecule is CNc1nc(-c2ccccc2)[nH]c1Cl. The van der Waals surface area contributed by atoms with E-state index in [4.69, 9.17) is 11.6 Å². The van der Waals surface area contributed by atoms with Crippen LogP contribution in [-0.4, -0.2) is 17.0 Å². The van der Waals surface area contributed by atoms with Gasteiger partial charge in [0.1, 0.15) is 5.82 Å². The summed E-state index contributed by atoms with van der Waals surface area (Å²) < 4.78 is 0. The monoisotopic (exact) mass is 207 g/mol. The third-order valence-corrected chi connectivity index (χ3v) is 2.22. The molecule has 0 saturated heterocycles. The van der Waals surface area contributed by atoms with Crippen LogP contribution in [0.25, 0.3) is 11.4 Å². The van der Waals surface area contributed by atoms with E-state index in [0.29, 0.717) is 11.0 Å². The molecule has 0 saturated carbocycles. The van der Waals surface area contributed by atoms with Gasteiger partial charge >= 0.3 is 0 Å². The standard InChI is InChI=1S/C10H10ClN3/c1-12-10-8(11)13-9(14-10)7-5-3-2-4-6-7/h2-6,12H,1H3,(H,13,14).